The molecule has 4 rings (SSSR count). The van der Waals surface area contributed by atoms with Crippen molar-refractivity contribution in [3.8, 4) is 11.3 Å². The zero-order chi connectivity index (χ0) is 20.5. The van der Waals surface area contributed by atoms with Gasteiger partial charge in [0.25, 0.3) is 0 Å². The molecule has 6 nitrogen and oxygen atoms in total. The molecule has 1 aliphatic rings. The molecule has 0 bridgehead atoms. The van der Waals surface area contributed by atoms with Crippen LogP contribution in [-0.4, -0.2) is 40.7 Å². The molecule has 3 heterocycles. The van der Waals surface area contributed by atoms with E-state index < -0.39 is 0 Å². The Balaban J connectivity index is 1.75. The molecule has 7 heteroatoms. The average Bonchev–Trinajstić information content (AvgIpc) is 3.28. The minimum absolute atomic E-state index is 0.111. The van der Waals surface area contributed by atoms with Crippen LogP contribution in [0.3, 0.4) is 0 Å². The number of likely N-dealkylation sites (tertiary alicyclic amines) is 1. The maximum Gasteiger partial charge on any atom is 0.225 e. The van der Waals surface area contributed by atoms with E-state index in [1.165, 1.54) is 6.07 Å². The largest absolute Gasteiger partial charge is 0.356 e. The van der Waals surface area contributed by atoms with Crippen LogP contribution < -0.4 is 4.90 Å². The normalized spacial score (nSPS) is 17.1. The molecule has 3 aromatic rings. The number of hydrogen-bond acceptors (Lipinski definition) is 6. The summed E-state index contributed by atoms with van der Waals surface area (Å²) in [6, 6.07) is 6.92. The first-order valence-electron chi connectivity index (χ1n) is 9.90. The van der Waals surface area contributed by atoms with Crippen LogP contribution in [0.5, 0.6) is 0 Å². The second-order valence-corrected chi connectivity index (χ2v) is 7.84. The van der Waals surface area contributed by atoms with Gasteiger partial charge in [-0.2, -0.15) is 0 Å². The Bertz CT molecular complexity index is 1020. The van der Waals surface area contributed by atoms with Crippen LogP contribution in [0.2, 0.25) is 0 Å². The van der Waals surface area contributed by atoms with Crippen LogP contribution in [0.15, 0.2) is 35.0 Å². The summed E-state index contributed by atoms with van der Waals surface area (Å²) in [4.78, 5) is 13.7. The fraction of sp³-hybridized carbons (Fsp3) is 0.409. The maximum atomic E-state index is 13.7. The molecule has 0 spiro atoms. The van der Waals surface area contributed by atoms with Gasteiger partial charge >= 0.3 is 0 Å². The van der Waals surface area contributed by atoms with Crippen molar-refractivity contribution in [3.63, 3.8) is 0 Å². The van der Waals surface area contributed by atoms with Gasteiger partial charge in [0.1, 0.15) is 5.82 Å². The molecular weight excluding hydrogens is 369 g/mol. The average molecular weight is 395 g/mol. The summed E-state index contributed by atoms with van der Waals surface area (Å²) >= 11 is 0. The van der Waals surface area contributed by atoms with E-state index in [1.54, 1.807) is 12.1 Å². The molecule has 0 N–H and O–H groups in total. The predicted octanol–water partition coefficient (Wildman–Crippen LogP) is 4.29. The summed E-state index contributed by atoms with van der Waals surface area (Å²) in [7, 11) is 3.86. The summed E-state index contributed by atoms with van der Waals surface area (Å²) in [6.45, 7) is 5.56. The number of aryl methyl sites for hydroxylation is 1. The molecule has 0 amide bonds. The Kier molecular flexibility index (Phi) is 5.32. The Morgan fingerprint density at radius 1 is 1.28 bits per heavy atom. The summed E-state index contributed by atoms with van der Waals surface area (Å²) < 4.78 is 19.3. The highest BCUT2D eigenvalue weighted by atomic mass is 19.1. The van der Waals surface area contributed by atoms with Gasteiger partial charge in [0.15, 0.2) is 5.76 Å². The summed E-state index contributed by atoms with van der Waals surface area (Å²) in [6.07, 6.45) is 3.89. The van der Waals surface area contributed by atoms with E-state index in [0.717, 1.165) is 53.2 Å². The third-order valence-corrected chi connectivity index (χ3v) is 5.56. The van der Waals surface area contributed by atoms with Crippen molar-refractivity contribution in [2.45, 2.75) is 39.3 Å². The minimum Gasteiger partial charge on any atom is -0.356 e. The van der Waals surface area contributed by atoms with Crippen molar-refractivity contribution in [1.82, 2.24) is 20.0 Å². The predicted molar refractivity (Wildman–Crippen MR) is 110 cm³/mol. The lowest BCUT2D eigenvalue weighted by molar-refractivity contribution is 0.244. The Labute approximate surface area is 170 Å². The fourth-order valence-corrected chi connectivity index (χ4v) is 3.89. The van der Waals surface area contributed by atoms with Crippen LogP contribution >= 0.6 is 0 Å². The molecular formula is C22H26FN5O. The lowest BCUT2D eigenvalue weighted by Crippen LogP contribution is -2.25. The number of hydrogen-bond donors (Lipinski definition) is 0. The molecule has 1 fully saturated rings. The van der Waals surface area contributed by atoms with E-state index >= 15 is 0 Å². The molecule has 0 unspecified atom stereocenters. The Morgan fingerprint density at radius 2 is 2.10 bits per heavy atom. The van der Waals surface area contributed by atoms with Gasteiger partial charge in [0.05, 0.1) is 23.0 Å². The Hall–Kier alpha value is -2.80. The zero-order valence-corrected chi connectivity index (χ0v) is 17.3. The third kappa shape index (κ3) is 3.87. The molecule has 2 aromatic heterocycles. The lowest BCUT2D eigenvalue weighted by Gasteiger charge is -2.26. The van der Waals surface area contributed by atoms with E-state index in [2.05, 4.69) is 15.0 Å². The first-order chi connectivity index (χ1) is 13.9. The van der Waals surface area contributed by atoms with E-state index in [1.807, 2.05) is 45.1 Å². The van der Waals surface area contributed by atoms with Crippen molar-refractivity contribution in [2.24, 2.45) is 0 Å². The van der Waals surface area contributed by atoms with E-state index in [0.29, 0.717) is 12.5 Å². The first-order valence-corrected chi connectivity index (χ1v) is 9.90. The van der Waals surface area contributed by atoms with Crippen molar-refractivity contribution in [2.75, 3.05) is 25.5 Å². The van der Waals surface area contributed by atoms with Crippen molar-refractivity contribution in [3.05, 3.63) is 58.8 Å². The van der Waals surface area contributed by atoms with Crippen molar-refractivity contribution >= 4 is 5.95 Å². The van der Waals surface area contributed by atoms with Gasteiger partial charge in [-0.05, 0) is 50.9 Å². The number of aromatic nitrogens is 3. The van der Waals surface area contributed by atoms with E-state index in [9.17, 15) is 4.39 Å². The van der Waals surface area contributed by atoms with Crippen LogP contribution in [0.1, 0.15) is 41.4 Å². The van der Waals surface area contributed by atoms with Gasteiger partial charge in [-0.1, -0.05) is 17.3 Å². The topological polar surface area (TPSA) is 58.3 Å². The van der Waals surface area contributed by atoms with Gasteiger partial charge in [-0.25, -0.2) is 14.4 Å². The number of benzene rings is 1. The number of anilines is 1. The van der Waals surface area contributed by atoms with Gasteiger partial charge in [-0.15, -0.1) is 0 Å². The third-order valence-electron chi connectivity index (χ3n) is 5.56. The number of rotatable bonds is 5. The van der Waals surface area contributed by atoms with Gasteiger partial charge in [0.2, 0.25) is 5.95 Å². The molecule has 29 heavy (non-hydrogen) atoms. The van der Waals surface area contributed by atoms with Crippen LogP contribution in [0.4, 0.5) is 10.3 Å². The van der Waals surface area contributed by atoms with Crippen LogP contribution in [-0.2, 0) is 6.54 Å². The summed E-state index contributed by atoms with van der Waals surface area (Å²) in [5, 5.41) is 4.12. The SMILES string of the molecule is Cc1noc(-c2cnc(N(C)C)nc2[C@@H]2CCCN2Cc2cccc(F)c2)c1C. The van der Waals surface area contributed by atoms with E-state index in [-0.39, 0.29) is 11.9 Å². The van der Waals surface area contributed by atoms with Crippen molar-refractivity contribution < 1.29 is 8.91 Å². The summed E-state index contributed by atoms with van der Waals surface area (Å²) in [5.41, 5.74) is 4.65. The number of nitrogens with zero attached hydrogens (tertiary/aromatic N) is 5. The highest BCUT2D eigenvalue weighted by Gasteiger charge is 2.31. The molecule has 1 saturated heterocycles. The monoisotopic (exact) mass is 395 g/mol. The number of halogens is 1. The van der Waals surface area contributed by atoms with E-state index in [4.69, 9.17) is 9.51 Å². The fourth-order valence-electron chi connectivity index (χ4n) is 3.89. The molecule has 1 atom stereocenters. The molecule has 0 radical (unpaired) electrons. The minimum atomic E-state index is -0.205. The molecule has 1 aliphatic heterocycles. The standard InChI is InChI=1S/C22H26FN5O/c1-14-15(2)26-29-21(14)18-12-24-22(27(3)4)25-20(18)19-9-6-10-28(19)13-16-7-5-8-17(23)11-16/h5,7-8,11-12,19H,6,9-10,13H2,1-4H3/t19-/m0/s1. The second-order valence-electron chi connectivity index (χ2n) is 7.84. The molecule has 1 aromatic carbocycles. The van der Waals surface area contributed by atoms with Gasteiger partial charge in [0, 0.05) is 32.4 Å². The molecule has 152 valence electrons. The van der Waals surface area contributed by atoms with Crippen molar-refractivity contribution in [1.29, 1.82) is 0 Å². The Morgan fingerprint density at radius 3 is 2.79 bits per heavy atom. The second kappa shape index (κ2) is 7.91. The van der Waals surface area contributed by atoms with Gasteiger partial charge in [-0.3, -0.25) is 4.90 Å². The maximum absolute atomic E-state index is 13.7. The lowest BCUT2D eigenvalue weighted by atomic mass is 10.0. The zero-order valence-electron chi connectivity index (χ0n) is 17.3. The quantitative estimate of drug-likeness (QED) is 0.642. The van der Waals surface area contributed by atoms with Crippen LogP contribution in [0.25, 0.3) is 11.3 Å². The first kappa shape index (κ1) is 19.5. The van der Waals surface area contributed by atoms with Crippen LogP contribution in [0, 0.1) is 19.7 Å². The molecule has 0 aliphatic carbocycles. The molecule has 0 saturated carbocycles. The summed E-state index contributed by atoms with van der Waals surface area (Å²) in [5.74, 6) is 1.18. The van der Waals surface area contributed by atoms with Gasteiger partial charge < -0.3 is 9.42 Å². The highest BCUT2D eigenvalue weighted by Crippen LogP contribution is 2.39. The smallest absolute Gasteiger partial charge is 0.225 e. The highest BCUT2D eigenvalue weighted by molar-refractivity contribution is 5.65.